The van der Waals surface area contributed by atoms with Gasteiger partial charge in [0.2, 0.25) is 0 Å². The number of benzene rings is 2. The van der Waals surface area contributed by atoms with Crippen molar-refractivity contribution in [3.63, 3.8) is 0 Å². The number of aryl methyl sites for hydroxylation is 1. The standard InChI is InChI=1S/C15H11BrClIN2/c1-9-2-4-13(11(16)6-9)20-14-5-3-10(18)7-12(14)19-15(20)8-17/h2-7H,8H2,1H3. The third-order valence-electron chi connectivity index (χ3n) is 3.15. The average molecular weight is 462 g/mol. The van der Waals surface area contributed by atoms with Gasteiger partial charge in [0, 0.05) is 8.04 Å². The highest BCUT2D eigenvalue weighted by molar-refractivity contribution is 14.1. The van der Waals surface area contributed by atoms with E-state index in [1.165, 1.54) is 9.13 Å². The fourth-order valence-electron chi connectivity index (χ4n) is 2.26. The van der Waals surface area contributed by atoms with Gasteiger partial charge in [-0.3, -0.25) is 4.57 Å². The molecule has 3 aromatic rings. The van der Waals surface area contributed by atoms with Crippen LogP contribution in [0.5, 0.6) is 0 Å². The largest absolute Gasteiger partial charge is 0.294 e. The lowest BCUT2D eigenvalue weighted by atomic mass is 10.2. The first-order chi connectivity index (χ1) is 9.60. The molecule has 1 heterocycles. The molecule has 0 unspecified atom stereocenters. The third kappa shape index (κ3) is 2.49. The number of imidazole rings is 1. The lowest BCUT2D eigenvalue weighted by Gasteiger charge is -2.10. The van der Waals surface area contributed by atoms with Gasteiger partial charge in [0.15, 0.2) is 0 Å². The second kappa shape index (κ2) is 5.66. The van der Waals surface area contributed by atoms with Crippen molar-refractivity contribution in [1.82, 2.24) is 9.55 Å². The monoisotopic (exact) mass is 460 g/mol. The Kier molecular flexibility index (Phi) is 4.06. The lowest BCUT2D eigenvalue weighted by molar-refractivity contribution is 0.976. The van der Waals surface area contributed by atoms with Crippen LogP contribution in [0.3, 0.4) is 0 Å². The third-order valence-corrected chi connectivity index (χ3v) is 4.69. The van der Waals surface area contributed by atoms with Crippen molar-refractivity contribution in [3.05, 3.63) is 55.8 Å². The molecule has 1 aromatic heterocycles. The number of fused-ring (bicyclic) bond motifs is 1. The molecule has 0 N–H and O–H groups in total. The maximum absolute atomic E-state index is 6.08. The molecule has 102 valence electrons. The summed E-state index contributed by atoms with van der Waals surface area (Å²) in [6, 6.07) is 12.5. The van der Waals surface area contributed by atoms with Crippen molar-refractivity contribution in [3.8, 4) is 5.69 Å². The van der Waals surface area contributed by atoms with Crippen LogP contribution in [-0.4, -0.2) is 9.55 Å². The number of nitrogens with zero attached hydrogens (tertiary/aromatic N) is 2. The summed E-state index contributed by atoms with van der Waals surface area (Å²) in [5.74, 6) is 1.24. The number of alkyl halides is 1. The minimum atomic E-state index is 0.381. The molecule has 0 spiro atoms. The number of halogens is 3. The molecule has 0 saturated carbocycles. The van der Waals surface area contributed by atoms with Gasteiger partial charge in [-0.15, -0.1) is 11.6 Å². The van der Waals surface area contributed by atoms with E-state index in [9.17, 15) is 0 Å². The Morgan fingerprint density at radius 1 is 1.25 bits per heavy atom. The van der Waals surface area contributed by atoms with Crippen molar-refractivity contribution in [2.45, 2.75) is 12.8 Å². The molecule has 5 heteroatoms. The van der Waals surface area contributed by atoms with E-state index in [0.29, 0.717) is 5.88 Å². The van der Waals surface area contributed by atoms with Crippen molar-refractivity contribution in [2.24, 2.45) is 0 Å². The summed E-state index contributed by atoms with van der Waals surface area (Å²) in [5.41, 5.74) is 4.33. The molecule has 0 fully saturated rings. The summed E-state index contributed by atoms with van der Waals surface area (Å²) in [7, 11) is 0. The van der Waals surface area contributed by atoms with Gasteiger partial charge in [-0.25, -0.2) is 4.98 Å². The first-order valence-electron chi connectivity index (χ1n) is 6.09. The number of hydrogen-bond donors (Lipinski definition) is 0. The molecule has 2 aromatic carbocycles. The summed E-state index contributed by atoms with van der Waals surface area (Å²) in [4.78, 5) is 4.64. The molecule has 3 rings (SSSR count). The van der Waals surface area contributed by atoms with E-state index in [1.54, 1.807) is 0 Å². The second-order valence-electron chi connectivity index (χ2n) is 4.58. The van der Waals surface area contributed by atoms with E-state index >= 15 is 0 Å². The van der Waals surface area contributed by atoms with Crippen molar-refractivity contribution in [2.75, 3.05) is 0 Å². The minimum absolute atomic E-state index is 0.381. The van der Waals surface area contributed by atoms with Crippen LogP contribution >= 0.6 is 50.1 Å². The lowest BCUT2D eigenvalue weighted by Crippen LogP contribution is -2.00. The van der Waals surface area contributed by atoms with Crippen LogP contribution in [0, 0.1) is 10.5 Å². The van der Waals surface area contributed by atoms with Gasteiger partial charge in [0.25, 0.3) is 0 Å². The predicted octanol–water partition coefficient (Wildman–Crippen LogP) is 5.44. The Labute approximate surface area is 144 Å². The number of rotatable bonds is 2. The molecule has 0 amide bonds. The predicted molar refractivity (Wildman–Crippen MR) is 95.8 cm³/mol. The highest BCUT2D eigenvalue weighted by Crippen LogP contribution is 2.29. The Balaban J connectivity index is 2.34. The minimum Gasteiger partial charge on any atom is -0.294 e. The normalized spacial score (nSPS) is 11.2. The first kappa shape index (κ1) is 14.4. The average Bonchev–Trinajstić information content (AvgIpc) is 2.76. The van der Waals surface area contributed by atoms with Crippen LogP contribution < -0.4 is 0 Å². The van der Waals surface area contributed by atoms with Gasteiger partial charge in [-0.1, -0.05) is 6.07 Å². The molecule has 0 aliphatic rings. The van der Waals surface area contributed by atoms with Crippen molar-refractivity contribution >= 4 is 61.2 Å². The van der Waals surface area contributed by atoms with E-state index in [-0.39, 0.29) is 0 Å². The maximum Gasteiger partial charge on any atom is 0.129 e. The Morgan fingerprint density at radius 3 is 2.75 bits per heavy atom. The zero-order valence-electron chi connectivity index (χ0n) is 10.7. The Bertz CT molecular complexity index is 798. The quantitative estimate of drug-likeness (QED) is 0.367. The van der Waals surface area contributed by atoms with Crippen molar-refractivity contribution < 1.29 is 0 Å². The number of aromatic nitrogens is 2. The van der Waals surface area contributed by atoms with E-state index in [2.05, 4.69) is 91.4 Å². The van der Waals surface area contributed by atoms with Crippen LogP contribution in [0.25, 0.3) is 16.7 Å². The molecular weight excluding hydrogens is 450 g/mol. The topological polar surface area (TPSA) is 17.8 Å². The summed E-state index contributed by atoms with van der Waals surface area (Å²) >= 11 is 12.0. The van der Waals surface area contributed by atoms with Gasteiger partial charge < -0.3 is 0 Å². The fourth-order valence-corrected chi connectivity index (χ4v) is 3.58. The zero-order chi connectivity index (χ0) is 14.3. The summed E-state index contributed by atoms with van der Waals surface area (Å²) in [5, 5.41) is 0. The first-order valence-corrected chi connectivity index (χ1v) is 8.50. The molecule has 0 aliphatic carbocycles. The fraction of sp³-hybridized carbons (Fsp3) is 0.133. The second-order valence-corrected chi connectivity index (χ2v) is 6.95. The van der Waals surface area contributed by atoms with Gasteiger partial charge in [0.1, 0.15) is 5.82 Å². The number of hydrogen-bond acceptors (Lipinski definition) is 1. The van der Waals surface area contributed by atoms with E-state index in [1.807, 2.05) is 0 Å². The Morgan fingerprint density at radius 2 is 2.05 bits per heavy atom. The molecular formula is C15H11BrClIN2. The van der Waals surface area contributed by atoms with Crippen LogP contribution in [0.15, 0.2) is 40.9 Å². The summed E-state index contributed by atoms with van der Waals surface area (Å²) < 4.78 is 4.33. The zero-order valence-corrected chi connectivity index (χ0v) is 15.2. The highest BCUT2D eigenvalue weighted by atomic mass is 127. The molecule has 0 aliphatic heterocycles. The van der Waals surface area contributed by atoms with Gasteiger partial charge >= 0.3 is 0 Å². The van der Waals surface area contributed by atoms with Crippen LogP contribution in [-0.2, 0) is 5.88 Å². The highest BCUT2D eigenvalue weighted by Gasteiger charge is 2.14. The molecule has 2 nitrogen and oxygen atoms in total. The van der Waals surface area contributed by atoms with E-state index < -0.39 is 0 Å². The van der Waals surface area contributed by atoms with Gasteiger partial charge in [-0.2, -0.15) is 0 Å². The van der Waals surface area contributed by atoms with E-state index in [0.717, 1.165) is 27.0 Å². The van der Waals surface area contributed by atoms with Gasteiger partial charge in [0.05, 0.1) is 22.6 Å². The maximum atomic E-state index is 6.08. The molecule has 0 radical (unpaired) electrons. The van der Waals surface area contributed by atoms with Gasteiger partial charge in [-0.05, 0) is 81.3 Å². The van der Waals surface area contributed by atoms with Crippen molar-refractivity contribution in [1.29, 1.82) is 0 Å². The van der Waals surface area contributed by atoms with Crippen LogP contribution in [0.1, 0.15) is 11.4 Å². The van der Waals surface area contributed by atoms with Crippen LogP contribution in [0.4, 0.5) is 0 Å². The molecule has 20 heavy (non-hydrogen) atoms. The smallest absolute Gasteiger partial charge is 0.129 e. The molecule has 0 atom stereocenters. The SMILES string of the molecule is Cc1ccc(-n2c(CCl)nc3cc(I)ccc32)c(Br)c1. The molecule has 0 bridgehead atoms. The summed E-state index contributed by atoms with van der Waals surface area (Å²) in [6.45, 7) is 2.07. The van der Waals surface area contributed by atoms with E-state index in [4.69, 9.17) is 11.6 Å². The summed E-state index contributed by atoms with van der Waals surface area (Å²) in [6.07, 6.45) is 0. The Hall–Kier alpha value is -0.590. The molecule has 0 saturated heterocycles. The van der Waals surface area contributed by atoms with Crippen LogP contribution in [0.2, 0.25) is 0 Å².